The maximum Gasteiger partial charge on any atom is 0.274 e. The van der Waals surface area contributed by atoms with E-state index in [-0.39, 0.29) is 18.1 Å². The Balaban J connectivity index is 1.33. The normalized spacial score (nSPS) is 28.3. The fourth-order valence-corrected chi connectivity index (χ4v) is 4.71. The molecule has 1 aromatic heterocycles. The number of carbonyl (C=O) groups is 1. The highest BCUT2D eigenvalue weighted by Gasteiger charge is 2.33. The number of fused-ring (bicyclic) bond motifs is 1. The van der Waals surface area contributed by atoms with Gasteiger partial charge in [0.1, 0.15) is 0 Å². The van der Waals surface area contributed by atoms with Gasteiger partial charge in [0.15, 0.2) is 5.69 Å². The number of ether oxygens (including phenoxy) is 1. The molecule has 3 aliphatic rings. The van der Waals surface area contributed by atoms with Gasteiger partial charge in [-0.3, -0.25) is 9.89 Å². The second kappa shape index (κ2) is 7.89. The van der Waals surface area contributed by atoms with Crippen molar-refractivity contribution < 1.29 is 9.53 Å². The number of hydrogen-bond acceptors (Lipinski definition) is 5. The lowest BCUT2D eigenvalue weighted by Crippen LogP contribution is -2.48. The second-order valence-corrected chi connectivity index (χ2v) is 8.60. The van der Waals surface area contributed by atoms with E-state index in [1.165, 1.54) is 32.7 Å². The van der Waals surface area contributed by atoms with Gasteiger partial charge in [-0.2, -0.15) is 5.10 Å². The molecule has 1 aromatic rings. The second-order valence-electron chi connectivity index (χ2n) is 8.60. The van der Waals surface area contributed by atoms with Crippen LogP contribution in [-0.2, 0) is 11.2 Å². The van der Waals surface area contributed by atoms with Crippen LogP contribution in [0.5, 0.6) is 0 Å². The van der Waals surface area contributed by atoms with E-state index in [0.717, 1.165) is 43.6 Å². The van der Waals surface area contributed by atoms with E-state index in [2.05, 4.69) is 34.0 Å². The molecular formula is C20H33N5O2. The molecule has 150 valence electrons. The molecule has 0 radical (unpaired) electrons. The third-order valence-electron chi connectivity index (χ3n) is 6.45. The van der Waals surface area contributed by atoms with Crippen molar-refractivity contribution in [2.75, 3.05) is 52.9 Å². The number of aromatic amines is 1. The average Bonchev–Trinajstić information content (AvgIpc) is 3.08. The van der Waals surface area contributed by atoms with Crippen LogP contribution in [0.3, 0.4) is 0 Å². The smallest absolute Gasteiger partial charge is 0.274 e. The number of H-pyrrole nitrogens is 1. The van der Waals surface area contributed by atoms with E-state index in [9.17, 15) is 4.79 Å². The van der Waals surface area contributed by atoms with Gasteiger partial charge in [-0.15, -0.1) is 0 Å². The Labute approximate surface area is 162 Å². The highest BCUT2D eigenvalue weighted by molar-refractivity contribution is 5.94. The van der Waals surface area contributed by atoms with E-state index in [4.69, 9.17) is 4.74 Å². The average molecular weight is 376 g/mol. The van der Waals surface area contributed by atoms with Gasteiger partial charge in [0.2, 0.25) is 0 Å². The number of nitrogens with one attached hydrogen (secondary N) is 1. The minimum Gasteiger partial charge on any atom is -0.369 e. The Morgan fingerprint density at radius 2 is 1.85 bits per heavy atom. The van der Waals surface area contributed by atoms with Crippen molar-refractivity contribution in [3.8, 4) is 0 Å². The fourth-order valence-electron chi connectivity index (χ4n) is 4.71. The van der Waals surface area contributed by atoms with Gasteiger partial charge in [-0.1, -0.05) is 0 Å². The van der Waals surface area contributed by atoms with Gasteiger partial charge < -0.3 is 19.4 Å². The Hall–Kier alpha value is -1.44. The van der Waals surface area contributed by atoms with Crippen LogP contribution in [0, 0.1) is 5.92 Å². The number of piperidine rings is 1. The van der Waals surface area contributed by atoms with E-state index >= 15 is 0 Å². The zero-order valence-corrected chi connectivity index (χ0v) is 16.9. The van der Waals surface area contributed by atoms with Crippen molar-refractivity contribution in [3.05, 3.63) is 17.0 Å². The summed E-state index contributed by atoms with van der Waals surface area (Å²) in [6.45, 7) is 11.6. The molecule has 2 saturated heterocycles. The molecular weight excluding hydrogens is 342 g/mol. The molecule has 7 heteroatoms. The van der Waals surface area contributed by atoms with Crippen LogP contribution in [0.1, 0.15) is 54.5 Å². The molecule has 4 rings (SSSR count). The van der Waals surface area contributed by atoms with Gasteiger partial charge in [0, 0.05) is 57.8 Å². The van der Waals surface area contributed by atoms with Gasteiger partial charge in [-0.25, -0.2) is 0 Å². The zero-order chi connectivity index (χ0) is 19.0. The number of aromatic nitrogens is 2. The minimum absolute atomic E-state index is 0.0212. The Bertz CT molecular complexity index is 659. The topological polar surface area (TPSA) is 64.7 Å². The molecule has 0 bridgehead atoms. The lowest BCUT2D eigenvalue weighted by molar-refractivity contribution is -0.00703. The largest absolute Gasteiger partial charge is 0.369 e. The number of amides is 1. The first-order chi connectivity index (χ1) is 13.0. The van der Waals surface area contributed by atoms with Crippen LogP contribution in [0.15, 0.2) is 0 Å². The van der Waals surface area contributed by atoms with Crippen molar-refractivity contribution in [1.29, 1.82) is 0 Å². The number of likely N-dealkylation sites (tertiary alicyclic amines) is 1. The third kappa shape index (κ3) is 4.05. The van der Waals surface area contributed by atoms with Crippen molar-refractivity contribution in [1.82, 2.24) is 24.9 Å². The lowest BCUT2D eigenvalue weighted by Gasteiger charge is -2.38. The summed E-state index contributed by atoms with van der Waals surface area (Å²) in [6.07, 6.45) is 3.07. The van der Waals surface area contributed by atoms with Gasteiger partial charge in [0.25, 0.3) is 5.91 Å². The number of piperazine rings is 1. The van der Waals surface area contributed by atoms with Gasteiger partial charge in [-0.05, 0) is 39.7 Å². The molecule has 27 heavy (non-hydrogen) atoms. The van der Waals surface area contributed by atoms with Gasteiger partial charge in [0.05, 0.1) is 17.9 Å². The van der Waals surface area contributed by atoms with Crippen molar-refractivity contribution in [3.63, 3.8) is 0 Å². The Morgan fingerprint density at radius 1 is 1.15 bits per heavy atom. The Morgan fingerprint density at radius 3 is 2.56 bits per heavy atom. The molecule has 2 atom stereocenters. The first kappa shape index (κ1) is 18.9. The summed E-state index contributed by atoms with van der Waals surface area (Å²) < 4.78 is 5.84. The summed E-state index contributed by atoms with van der Waals surface area (Å²) in [7, 11) is 2.20. The zero-order valence-electron chi connectivity index (χ0n) is 16.9. The molecule has 0 saturated carbocycles. The molecule has 1 amide bonds. The predicted octanol–water partition coefficient (Wildman–Crippen LogP) is 1.53. The highest BCUT2D eigenvalue weighted by atomic mass is 16.5. The number of nitrogens with zero attached hydrogens (tertiary/aromatic N) is 4. The predicted molar refractivity (Wildman–Crippen MR) is 104 cm³/mol. The van der Waals surface area contributed by atoms with E-state index in [1.54, 1.807) is 0 Å². The van der Waals surface area contributed by atoms with Gasteiger partial charge >= 0.3 is 0 Å². The lowest BCUT2D eigenvalue weighted by atomic mass is 9.94. The summed E-state index contributed by atoms with van der Waals surface area (Å²) >= 11 is 0. The molecule has 0 unspecified atom stereocenters. The first-order valence-corrected chi connectivity index (χ1v) is 10.4. The summed E-state index contributed by atoms with van der Waals surface area (Å²) in [5.41, 5.74) is 2.65. The number of carbonyl (C=O) groups excluding carboxylic acids is 1. The van der Waals surface area contributed by atoms with Crippen LogP contribution < -0.4 is 0 Å². The summed E-state index contributed by atoms with van der Waals surface area (Å²) in [5.74, 6) is 0.797. The van der Waals surface area contributed by atoms with E-state index < -0.39 is 0 Å². The fraction of sp³-hybridized carbons (Fsp3) is 0.800. The summed E-state index contributed by atoms with van der Waals surface area (Å²) in [5, 5.41) is 7.42. The maximum atomic E-state index is 13.1. The molecule has 7 nitrogen and oxygen atoms in total. The number of likely N-dealkylation sites (N-methyl/N-ethyl adjacent to an activating group) is 1. The standard InChI is InChI=1S/C20H33N5O2/c1-14-12-17-18(15(2)27-14)21-22-19(17)20(26)25-6-4-16(5-7-25)13-24-10-8-23(3)9-11-24/h14-16H,4-13H2,1-3H3,(H,21,22)/t14-,15+/m1/s1. The molecule has 2 fully saturated rings. The van der Waals surface area contributed by atoms with Crippen LogP contribution in [0.25, 0.3) is 0 Å². The number of hydrogen-bond donors (Lipinski definition) is 1. The molecule has 4 heterocycles. The van der Waals surface area contributed by atoms with Crippen molar-refractivity contribution in [2.45, 2.75) is 45.3 Å². The SMILES string of the molecule is C[C@@H]1Cc2c(C(=O)N3CCC(CN4CCN(C)CC4)CC3)n[nH]c2[C@H](C)O1. The Kier molecular flexibility index (Phi) is 5.53. The molecule has 0 spiro atoms. The highest BCUT2D eigenvalue weighted by Crippen LogP contribution is 2.31. The first-order valence-electron chi connectivity index (χ1n) is 10.4. The minimum atomic E-state index is -0.0212. The van der Waals surface area contributed by atoms with Crippen LogP contribution >= 0.6 is 0 Å². The monoisotopic (exact) mass is 375 g/mol. The van der Waals surface area contributed by atoms with Crippen LogP contribution in [-0.4, -0.2) is 89.8 Å². The van der Waals surface area contributed by atoms with Crippen molar-refractivity contribution in [2.24, 2.45) is 5.92 Å². The summed E-state index contributed by atoms with van der Waals surface area (Å²) in [6, 6.07) is 0. The molecule has 0 aliphatic carbocycles. The van der Waals surface area contributed by atoms with E-state index in [1.807, 2.05) is 11.8 Å². The third-order valence-corrected chi connectivity index (χ3v) is 6.45. The molecule has 3 aliphatic heterocycles. The van der Waals surface area contributed by atoms with Crippen molar-refractivity contribution >= 4 is 5.91 Å². The van der Waals surface area contributed by atoms with Crippen LogP contribution in [0.4, 0.5) is 0 Å². The molecule has 1 N–H and O–H groups in total. The van der Waals surface area contributed by atoms with E-state index in [0.29, 0.717) is 11.6 Å². The quantitative estimate of drug-likeness (QED) is 0.868. The summed E-state index contributed by atoms with van der Waals surface area (Å²) in [4.78, 5) is 20.1. The number of rotatable bonds is 3. The van der Waals surface area contributed by atoms with Crippen LogP contribution in [0.2, 0.25) is 0 Å². The molecule has 0 aromatic carbocycles. The maximum absolute atomic E-state index is 13.1.